The van der Waals surface area contributed by atoms with Crippen LogP contribution in [-0.2, 0) is 0 Å². The van der Waals surface area contributed by atoms with Crippen molar-refractivity contribution in [1.29, 1.82) is 0 Å². The summed E-state index contributed by atoms with van der Waals surface area (Å²) in [6, 6.07) is 2.13. The van der Waals surface area contributed by atoms with Crippen molar-refractivity contribution in [2.24, 2.45) is 0 Å². The molecule has 0 radical (unpaired) electrons. The molecular formula is C15H24N4. The summed E-state index contributed by atoms with van der Waals surface area (Å²) in [7, 11) is 0. The van der Waals surface area contributed by atoms with Crippen molar-refractivity contribution in [3.63, 3.8) is 0 Å². The van der Waals surface area contributed by atoms with Crippen LogP contribution in [0.3, 0.4) is 0 Å². The number of nitrogens with zero attached hydrogens (tertiary/aromatic N) is 3. The summed E-state index contributed by atoms with van der Waals surface area (Å²) < 4.78 is 1.91. The normalized spacial score (nSPS) is 12.3. The highest BCUT2D eigenvalue weighted by Gasteiger charge is 2.19. The summed E-state index contributed by atoms with van der Waals surface area (Å²) in [5, 5.41) is 8.13. The van der Waals surface area contributed by atoms with Crippen molar-refractivity contribution in [3.8, 4) is 0 Å². The van der Waals surface area contributed by atoms with Crippen molar-refractivity contribution in [2.75, 3.05) is 5.32 Å². The smallest absolute Gasteiger partial charge is 0.152 e. The Kier molecular flexibility index (Phi) is 3.78. The number of rotatable bonds is 5. The summed E-state index contributed by atoms with van der Waals surface area (Å²) in [4.78, 5) is 4.48. The molecule has 2 rings (SSSR count). The quantitative estimate of drug-likeness (QED) is 0.888. The lowest BCUT2D eigenvalue weighted by molar-refractivity contribution is 0.509. The van der Waals surface area contributed by atoms with E-state index < -0.39 is 0 Å². The van der Waals surface area contributed by atoms with Crippen molar-refractivity contribution < 1.29 is 0 Å². The maximum absolute atomic E-state index is 4.59. The minimum Gasteiger partial charge on any atom is -0.363 e. The number of nitrogens with one attached hydrogen (secondary N) is 1. The van der Waals surface area contributed by atoms with Gasteiger partial charge in [-0.05, 0) is 32.3 Å². The molecule has 4 heteroatoms. The highest BCUT2D eigenvalue weighted by atomic mass is 15.2. The van der Waals surface area contributed by atoms with Crippen molar-refractivity contribution in [2.45, 2.75) is 58.9 Å². The van der Waals surface area contributed by atoms with Crippen LogP contribution in [0.25, 0.3) is 5.52 Å². The summed E-state index contributed by atoms with van der Waals surface area (Å²) >= 11 is 0. The van der Waals surface area contributed by atoms with Gasteiger partial charge in [0.25, 0.3) is 0 Å². The highest BCUT2D eigenvalue weighted by molar-refractivity contribution is 5.68. The molecule has 0 unspecified atom stereocenters. The second-order valence-corrected chi connectivity index (χ2v) is 6.09. The SMILES string of the molecule is CCCC(C)(C)Nc1nccn2nc(C(C)C)cc12. The van der Waals surface area contributed by atoms with Gasteiger partial charge in [-0.15, -0.1) is 0 Å². The number of anilines is 1. The molecule has 1 N–H and O–H groups in total. The molecule has 0 saturated heterocycles. The predicted octanol–water partition coefficient (Wildman–Crippen LogP) is 3.84. The van der Waals surface area contributed by atoms with Gasteiger partial charge in [0.15, 0.2) is 5.82 Å². The number of hydrogen-bond donors (Lipinski definition) is 1. The van der Waals surface area contributed by atoms with Crippen LogP contribution in [0.1, 0.15) is 59.1 Å². The monoisotopic (exact) mass is 260 g/mol. The second kappa shape index (κ2) is 5.19. The Morgan fingerprint density at radius 2 is 2.11 bits per heavy atom. The zero-order chi connectivity index (χ0) is 14.0. The minimum absolute atomic E-state index is 0.0475. The zero-order valence-electron chi connectivity index (χ0n) is 12.6. The summed E-state index contributed by atoms with van der Waals surface area (Å²) in [5.41, 5.74) is 2.20. The van der Waals surface area contributed by atoms with Crippen LogP contribution in [0.5, 0.6) is 0 Å². The van der Waals surface area contributed by atoms with Gasteiger partial charge in [0.05, 0.1) is 5.69 Å². The molecule has 0 aliphatic heterocycles. The molecule has 4 nitrogen and oxygen atoms in total. The highest BCUT2D eigenvalue weighted by Crippen LogP contribution is 2.24. The van der Waals surface area contributed by atoms with E-state index in [2.05, 4.69) is 56.1 Å². The lowest BCUT2D eigenvalue weighted by Gasteiger charge is -2.26. The molecular weight excluding hydrogens is 236 g/mol. The third-order valence-electron chi connectivity index (χ3n) is 3.33. The van der Waals surface area contributed by atoms with Crippen LogP contribution >= 0.6 is 0 Å². The van der Waals surface area contributed by atoms with Gasteiger partial charge in [-0.3, -0.25) is 0 Å². The summed E-state index contributed by atoms with van der Waals surface area (Å²) in [6.07, 6.45) is 5.97. The minimum atomic E-state index is 0.0475. The Morgan fingerprint density at radius 1 is 1.37 bits per heavy atom. The first-order chi connectivity index (χ1) is 8.93. The fraction of sp³-hybridized carbons (Fsp3) is 0.600. The van der Waals surface area contributed by atoms with E-state index >= 15 is 0 Å². The predicted molar refractivity (Wildman–Crippen MR) is 79.7 cm³/mol. The average molecular weight is 260 g/mol. The van der Waals surface area contributed by atoms with Gasteiger partial charge in [-0.25, -0.2) is 9.50 Å². The Morgan fingerprint density at radius 3 is 2.74 bits per heavy atom. The molecule has 0 atom stereocenters. The molecule has 0 spiro atoms. The molecule has 2 heterocycles. The van der Waals surface area contributed by atoms with Gasteiger partial charge in [0, 0.05) is 17.9 Å². The van der Waals surface area contributed by atoms with Crippen molar-refractivity contribution in [1.82, 2.24) is 14.6 Å². The van der Waals surface area contributed by atoms with E-state index in [1.54, 1.807) is 6.20 Å². The molecule has 0 bridgehead atoms. The van der Waals surface area contributed by atoms with Gasteiger partial charge in [0.2, 0.25) is 0 Å². The van der Waals surface area contributed by atoms with E-state index in [0.717, 1.165) is 29.9 Å². The Hall–Kier alpha value is -1.58. The van der Waals surface area contributed by atoms with Crippen LogP contribution < -0.4 is 5.32 Å². The van der Waals surface area contributed by atoms with E-state index in [1.807, 2.05) is 10.7 Å². The van der Waals surface area contributed by atoms with Crippen LogP contribution in [0, 0.1) is 0 Å². The van der Waals surface area contributed by atoms with Gasteiger partial charge < -0.3 is 5.32 Å². The molecule has 0 aromatic carbocycles. The van der Waals surface area contributed by atoms with Crippen LogP contribution in [0.2, 0.25) is 0 Å². The van der Waals surface area contributed by atoms with Crippen molar-refractivity contribution in [3.05, 3.63) is 24.2 Å². The van der Waals surface area contributed by atoms with Gasteiger partial charge in [-0.2, -0.15) is 5.10 Å². The number of fused-ring (bicyclic) bond motifs is 1. The zero-order valence-corrected chi connectivity index (χ0v) is 12.6. The maximum Gasteiger partial charge on any atom is 0.152 e. The lowest BCUT2D eigenvalue weighted by Crippen LogP contribution is -2.31. The van der Waals surface area contributed by atoms with E-state index in [1.165, 1.54) is 0 Å². The van der Waals surface area contributed by atoms with Gasteiger partial charge >= 0.3 is 0 Å². The second-order valence-electron chi connectivity index (χ2n) is 6.09. The topological polar surface area (TPSA) is 42.2 Å². The maximum atomic E-state index is 4.59. The van der Waals surface area contributed by atoms with E-state index in [4.69, 9.17) is 0 Å². The Balaban J connectivity index is 2.38. The molecule has 104 valence electrons. The largest absolute Gasteiger partial charge is 0.363 e. The van der Waals surface area contributed by atoms with E-state index in [9.17, 15) is 0 Å². The first-order valence-corrected chi connectivity index (χ1v) is 7.05. The van der Waals surface area contributed by atoms with Gasteiger partial charge in [0.1, 0.15) is 5.52 Å². The van der Waals surface area contributed by atoms with Crippen LogP contribution in [0.4, 0.5) is 5.82 Å². The molecule has 0 saturated carbocycles. The molecule has 19 heavy (non-hydrogen) atoms. The third kappa shape index (κ3) is 3.06. The number of hydrogen-bond acceptors (Lipinski definition) is 3. The number of aromatic nitrogens is 3. The molecule has 2 aromatic rings. The van der Waals surface area contributed by atoms with E-state index in [-0.39, 0.29) is 5.54 Å². The molecule has 2 aromatic heterocycles. The average Bonchev–Trinajstić information content (AvgIpc) is 2.73. The fourth-order valence-electron chi connectivity index (χ4n) is 2.33. The Bertz CT molecular complexity index is 554. The summed E-state index contributed by atoms with van der Waals surface area (Å²) in [5.74, 6) is 1.34. The molecule has 0 aliphatic rings. The third-order valence-corrected chi connectivity index (χ3v) is 3.33. The van der Waals surface area contributed by atoms with Crippen molar-refractivity contribution >= 4 is 11.3 Å². The van der Waals surface area contributed by atoms with E-state index in [0.29, 0.717) is 5.92 Å². The Labute approximate surface area is 115 Å². The first-order valence-electron chi connectivity index (χ1n) is 7.05. The van der Waals surface area contributed by atoms with Crippen LogP contribution in [0.15, 0.2) is 18.5 Å². The summed E-state index contributed by atoms with van der Waals surface area (Å²) in [6.45, 7) is 10.9. The van der Waals surface area contributed by atoms with Gasteiger partial charge in [-0.1, -0.05) is 27.2 Å². The lowest BCUT2D eigenvalue weighted by atomic mass is 9.99. The van der Waals surface area contributed by atoms with Crippen LogP contribution in [-0.4, -0.2) is 20.1 Å². The molecule has 0 fully saturated rings. The molecule has 0 aliphatic carbocycles. The standard InChI is InChI=1S/C15H24N4/c1-6-7-15(4,5)17-14-13-10-12(11(2)3)18-19(13)9-8-16-14/h8-11H,6-7H2,1-5H3,(H,16,17). The molecule has 0 amide bonds. The first kappa shape index (κ1) is 13.8. The fourth-order valence-corrected chi connectivity index (χ4v) is 2.33.